The molecule has 0 aliphatic carbocycles. The molecule has 0 amide bonds. The maximum Gasteiger partial charge on any atom is 0.215 e. The highest BCUT2D eigenvalue weighted by Crippen LogP contribution is 2.19. The molecule has 1 heterocycles. The van der Waals surface area contributed by atoms with E-state index in [4.69, 9.17) is 5.73 Å². The summed E-state index contributed by atoms with van der Waals surface area (Å²) in [6.07, 6.45) is 3.09. The van der Waals surface area contributed by atoms with Crippen molar-refractivity contribution < 1.29 is 8.42 Å². The molecule has 78 valence electrons. The molecule has 1 aliphatic heterocycles. The smallest absolute Gasteiger partial charge is 0.215 e. The average molecular weight is 206 g/mol. The molecule has 4 nitrogen and oxygen atoms in total. The van der Waals surface area contributed by atoms with Crippen molar-refractivity contribution in [1.29, 1.82) is 0 Å². The third kappa shape index (κ3) is 2.65. The Morgan fingerprint density at radius 3 is 2.69 bits per heavy atom. The van der Waals surface area contributed by atoms with E-state index in [2.05, 4.69) is 0 Å². The van der Waals surface area contributed by atoms with Crippen molar-refractivity contribution >= 4 is 10.0 Å². The SMILES string of the molecule is C[C@H]1CCCCN1S(=O)(=O)CCN. The lowest BCUT2D eigenvalue weighted by Gasteiger charge is -2.32. The number of rotatable bonds is 3. The van der Waals surface area contributed by atoms with Crippen molar-refractivity contribution in [3.8, 4) is 0 Å². The maximum absolute atomic E-state index is 11.6. The van der Waals surface area contributed by atoms with Crippen LogP contribution in [0.5, 0.6) is 0 Å². The Balaban J connectivity index is 2.68. The Labute approximate surface area is 80.1 Å². The van der Waals surface area contributed by atoms with Crippen molar-refractivity contribution in [2.24, 2.45) is 5.73 Å². The van der Waals surface area contributed by atoms with Crippen LogP contribution < -0.4 is 5.73 Å². The first-order valence-electron chi connectivity index (χ1n) is 4.77. The van der Waals surface area contributed by atoms with E-state index < -0.39 is 10.0 Å². The fourth-order valence-corrected chi connectivity index (χ4v) is 3.34. The number of hydrogen-bond acceptors (Lipinski definition) is 3. The molecule has 0 aromatic rings. The molecule has 0 radical (unpaired) electrons. The number of nitrogens with zero attached hydrogens (tertiary/aromatic N) is 1. The van der Waals surface area contributed by atoms with Crippen LogP contribution in [-0.4, -0.2) is 37.6 Å². The molecule has 1 fully saturated rings. The van der Waals surface area contributed by atoms with E-state index in [0.717, 1.165) is 19.3 Å². The highest BCUT2D eigenvalue weighted by molar-refractivity contribution is 7.89. The van der Waals surface area contributed by atoms with Gasteiger partial charge in [-0.15, -0.1) is 0 Å². The Hall–Kier alpha value is -0.130. The second kappa shape index (κ2) is 4.39. The van der Waals surface area contributed by atoms with Crippen LogP contribution in [0.4, 0.5) is 0 Å². The lowest BCUT2D eigenvalue weighted by molar-refractivity contribution is 0.269. The zero-order valence-corrected chi connectivity index (χ0v) is 8.89. The van der Waals surface area contributed by atoms with Crippen LogP contribution in [0.1, 0.15) is 26.2 Å². The summed E-state index contributed by atoms with van der Waals surface area (Å²) in [5.41, 5.74) is 5.26. The molecule has 2 N–H and O–H groups in total. The molecule has 1 aliphatic rings. The summed E-state index contributed by atoms with van der Waals surface area (Å²) in [6, 6.07) is 0.158. The van der Waals surface area contributed by atoms with Gasteiger partial charge in [0.05, 0.1) is 5.75 Å². The second-order valence-corrected chi connectivity index (χ2v) is 5.60. The molecule has 0 bridgehead atoms. The number of sulfonamides is 1. The summed E-state index contributed by atoms with van der Waals surface area (Å²) < 4.78 is 24.9. The van der Waals surface area contributed by atoms with Crippen molar-refractivity contribution in [2.75, 3.05) is 18.8 Å². The van der Waals surface area contributed by atoms with Crippen molar-refractivity contribution in [1.82, 2.24) is 4.31 Å². The topological polar surface area (TPSA) is 63.4 Å². The van der Waals surface area contributed by atoms with Crippen LogP contribution in [-0.2, 0) is 10.0 Å². The van der Waals surface area contributed by atoms with Crippen molar-refractivity contribution in [3.63, 3.8) is 0 Å². The molecule has 1 rings (SSSR count). The van der Waals surface area contributed by atoms with Gasteiger partial charge in [0, 0.05) is 19.1 Å². The fraction of sp³-hybridized carbons (Fsp3) is 1.00. The molecule has 0 spiro atoms. The van der Waals surface area contributed by atoms with Crippen LogP contribution in [0.25, 0.3) is 0 Å². The molecule has 13 heavy (non-hydrogen) atoms. The van der Waals surface area contributed by atoms with E-state index in [-0.39, 0.29) is 18.3 Å². The van der Waals surface area contributed by atoms with E-state index in [1.165, 1.54) is 0 Å². The predicted molar refractivity (Wildman–Crippen MR) is 52.9 cm³/mol. The van der Waals surface area contributed by atoms with E-state index in [0.29, 0.717) is 6.54 Å². The number of nitrogens with two attached hydrogens (primary N) is 1. The first-order valence-corrected chi connectivity index (χ1v) is 6.38. The molecule has 0 aromatic heterocycles. The fourth-order valence-electron chi connectivity index (χ4n) is 1.75. The van der Waals surface area contributed by atoms with Crippen molar-refractivity contribution in [3.05, 3.63) is 0 Å². The molecular formula is C8H18N2O2S. The largest absolute Gasteiger partial charge is 0.329 e. The summed E-state index contributed by atoms with van der Waals surface area (Å²) in [7, 11) is -3.07. The first-order chi connectivity index (χ1) is 6.08. The minimum absolute atomic E-state index is 0.0807. The Bertz CT molecular complexity index is 251. The van der Waals surface area contributed by atoms with Crippen LogP contribution in [0.3, 0.4) is 0 Å². The molecule has 0 unspecified atom stereocenters. The predicted octanol–water partition coefficient (Wildman–Crippen LogP) is 0.149. The first kappa shape index (κ1) is 10.9. The third-order valence-corrected chi connectivity index (χ3v) is 4.48. The monoisotopic (exact) mass is 206 g/mol. The normalized spacial score (nSPS) is 26.2. The van der Waals surface area contributed by atoms with Crippen LogP contribution in [0, 0.1) is 0 Å². The summed E-state index contributed by atoms with van der Waals surface area (Å²) in [6.45, 7) is 2.85. The van der Waals surface area contributed by atoms with Gasteiger partial charge in [-0.05, 0) is 19.8 Å². The average Bonchev–Trinajstić information content (AvgIpc) is 2.04. The second-order valence-electron chi connectivity index (χ2n) is 3.56. The van der Waals surface area contributed by atoms with Gasteiger partial charge in [-0.25, -0.2) is 8.42 Å². The number of piperidine rings is 1. The Morgan fingerprint density at radius 2 is 2.15 bits per heavy atom. The van der Waals surface area contributed by atoms with Gasteiger partial charge < -0.3 is 5.73 Å². The van der Waals surface area contributed by atoms with Gasteiger partial charge >= 0.3 is 0 Å². The van der Waals surface area contributed by atoms with Gasteiger partial charge in [-0.2, -0.15) is 4.31 Å². The lowest BCUT2D eigenvalue weighted by atomic mass is 10.1. The van der Waals surface area contributed by atoms with E-state index in [9.17, 15) is 8.42 Å². The van der Waals surface area contributed by atoms with Gasteiger partial charge in [0.15, 0.2) is 0 Å². The van der Waals surface area contributed by atoms with Gasteiger partial charge in [0.1, 0.15) is 0 Å². The van der Waals surface area contributed by atoms with Crippen LogP contribution in [0.15, 0.2) is 0 Å². The van der Waals surface area contributed by atoms with Gasteiger partial charge in [-0.1, -0.05) is 6.42 Å². The van der Waals surface area contributed by atoms with Gasteiger partial charge in [0.25, 0.3) is 0 Å². The standard InChI is InChI=1S/C8H18N2O2S/c1-8-4-2-3-6-10(8)13(11,12)7-5-9/h8H,2-7,9H2,1H3/t8-/m0/s1. The quantitative estimate of drug-likeness (QED) is 0.715. The maximum atomic E-state index is 11.6. The molecule has 5 heteroatoms. The van der Waals surface area contributed by atoms with E-state index in [1.807, 2.05) is 6.92 Å². The summed E-state index contributed by atoms with van der Waals surface area (Å²) >= 11 is 0. The molecule has 0 saturated carbocycles. The minimum Gasteiger partial charge on any atom is -0.329 e. The number of hydrogen-bond donors (Lipinski definition) is 1. The zero-order chi connectivity index (χ0) is 9.90. The molecular weight excluding hydrogens is 188 g/mol. The molecule has 1 saturated heterocycles. The molecule has 0 aromatic carbocycles. The minimum atomic E-state index is -3.07. The van der Waals surface area contributed by atoms with Gasteiger partial charge in [0.2, 0.25) is 10.0 Å². The van der Waals surface area contributed by atoms with Crippen LogP contribution >= 0.6 is 0 Å². The van der Waals surface area contributed by atoms with Crippen molar-refractivity contribution in [2.45, 2.75) is 32.2 Å². The van der Waals surface area contributed by atoms with Crippen LogP contribution in [0.2, 0.25) is 0 Å². The lowest BCUT2D eigenvalue weighted by Crippen LogP contribution is -2.44. The summed E-state index contributed by atoms with van der Waals surface area (Å²) in [4.78, 5) is 0. The zero-order valence-electron chi connectivity index (χ0n) is 8.07. The highest BCUT2D eigenvalue weighted by atomic mass is 32.2. The van der Waals surface area contributed by atoms with E-state index in [1.54, 1.807) is 4.31 Å². The Kier molecular flexibility index (Phi) is 3.70. The van der Waals surface area contributed by atoms with E-state index >= 15 is 0 Å². The highest BCUT2D eigenvalue weighted by Gasteiger charge is 2.28. The molecule has 1 atom stereocenters. The summed E-state index contributed by atoms with van der Waals surface area (Å²) in [5, 5.41) is 0. The summed E-state index contributed by atoms with van der Waals surface area (Å²) in [5.74, 6) is 0.0807. The van der Waals surface area contributed by atoms with Gasteiger partial charge in [-0.3, -0.25) is 0 Å². The third-order valence-electron chi connectivity index (χ3n) is 2.48. The Morgan fingerprint density at radius 1 is 1.46 bits per heavy atom.